The molecule has 0 bridgehead atoms. The van der Waals surface area contributed by atoms with Crippen molar-refractivity contribution in [3.63, 3.8) is 0 Å². The molecule has 0 radical (unpaired) electrons. The molecule has 0 spiro atoms. The lowest BCUT2D eigenvalue weighted by molar-refractivity contribution is -0.384. The molecule has 3 N–H and O–H groups in total. The number of nitrogens with zero attached hydrogens (tertiary/aromatic N) is 4. The zero-order valence-corrected chi connectivity index (χ0v) is 15.8. The van der Waals surface area contributed by atoms with Gasteiger partial charge in [0.15, 0.2) is 5.82 Å². The average Bonchev–Trinajstić information content (AvgIpc) is 2.73. The number of nitrogens with one attached hydrogen (secondary N) is 3. The molecular weight excluding hydrogens is 398 g/mol. The standard InChI is InChI=1S/C17H17N7O4S/c25-24(26)13-4-6-14(7-5-13)29(27,28)20-12-11-19-16-8-9-17(23-22-16)21-15-3-1-2-10-18-15/h1-10,20H,11-12H2,(H,19,22)(H,18,21,23). The van der Waals surface area contributed by atoms with Crippen molar-refractivity contribution in [3.8, 4) is 0 Å². The van der Waals surface area contributed by atoms with E-state index in [1.807, 2.05) is 6.07 Å². The van der Waals surface area contributed by atoms with Gasteiger partial charge in [-0.3, -0.25) is 10.1 Å². The van der Waals surface area contributed by atoms with Crippen molar-refractivity contribution in [1.82, 2.24) is 19.9 Å². The summed E-state index contributed by atoms with van der Waals surface area (Å²) in [5.41, 5.74) is -0.176. The summed E-state index contributed by atoms with van der Waals surface area (Å²) in [5.74, 6) is 1.64. The van der Waals surface area contributed by atoms with Crippen LogP contribution in [0.25, 0.3) is 0 Å². The Morgan fingerprint density at radius 1 is 0.897 bits per heavy atom. The Kier molecular flexibility index (Phi) is 6.26. The highest BCUT2D eigenvalue weighted by molar-refractivity contribution is 7.89. The molecule has 3 aromatic rings. The molecule has 0 atom stereocenters. The molecule has 0 saturated carbocycles. The van der Waals surface area contributed by atoms with Crippen LogP contribution in [0.3, 0.4) is 0 Å². The molecule has 0 fully saturated rings. The second kappa shape index (κ2) is 9.03. The van der Waals surface area contributed by atoms with Crippen LogP contribution in [0.2, 0.25) is 0 Å². The van der Waals surface area contributed by atoms with Crippen LogP contribution in [0.5, 0.6) is 0 Å². The summed E-state index contributed by atoms with van der Waals surface area (Å²) in [6.07, 6.45) is 1.66. The molecule has 11 nitrogen and oxygen atoms in total. The lowest BCUT2D eigenvalue weighted by Gasteiger charge is -2.09. The number of hydrogen-bond acceptors (Lipinski definition) is 9. The van der Waals surface area contributed by atoms with E-state index in [4.69, 9.17) is 0 Å². The molecule has 3 rings (SSSR count). The predicted octanol–water partition coefficient (Wildman–Crippen LogP) is 1.91. The zero-order chi connectivity index (χ0) is 20.7. The minimum atomic E-state index is -3.76. The highest BCUT2D eigenvalue weighted by Crippen LogP contribution is 2.15. The number of sulfonamides is 1. The van der Waals surface area contributed by atoms with E-state index in [2.05, 4.69) is 30.5 Å². The van der Waals surface area contributed by atoms with E-state index in [9.17, 15) is 18.5 Å². The third kappa shape index (κ3) is 5.67. The summed E-state index contributed by atoms with van der Waals surface area (Å²) in [7, 11) is -3.76. The fourth-order valence-electron chi connectivity index (χ4n) is 2.27. The monoisotopic (exact) mass is 415 g/mol. The van der Waals surface area contributed by atoms with E-state index in [1.165, 1.54) is 12.1 Å². The van der Waals surface area contributed by atoms with Gasteiger partial charge < -0.3 is 10.6 Å². The maximum absolute atomic E-state index is 12.2. The Hall–Kier alpha value is -3.64. The molecule has 150 valence electrons. The number of nitro benzene ring substituents is 1. The SMILES string of the molecule is O=[N+]([O-])c1ccc(S(=O)(=O)NCCNc2ccc(Nc3ccccn3)nn2)cc1. The second-order valence-electron chi connectivity index (χ2n) is 5.72. The summed E-state index contributed by atoms with van der Waals surface area (Å²) in [4.78, 5) is 14.1. The van der Waals surface area contributed by atoms with E-state index in [0.717, 1.165) is 12.1 Å². The number of non-ortho nitro benzene ring substituents is 1. The fraction of sp³-hybridized carbons (Fsp3) is 0.118. The van der Waals surface area contributed by atoms with Crippen LogP contribution in [0, 0.1) is 10.1 Å². The third-order valence-electron chi connectivity index (χ3n) is 3.67. The third-order valence-corrected chi connectivity index (χ3v) is 5.14. The van der Waals surface area contributed by atoms with E-state index >= 15 is 0 Å². The van der Waals surface area contributed by atoms with Crippen molar-refractivity contribution in [2.45, 2.75) is 4.90 Å². The van der Waals surface area contributed by atoms with Gasteiger partial charge in [0.05, 0.1) is 9.82 Å². The summed E-state index contributed by atoms with van der Waals surface area (Å²) in [6.45, 7) is 0.364. The number of nitro groups is 1. The Morgan fingerprint density at radius 3 is 2.24 bits per heavy atom. The predicted molar refractivity (Wildman–Crippen MR) is 106 cm³/mol. The molecule has 2 aromatic heterocycles. The Balaban J connectivity index is 1.47. The highest BCUT2D eigenvalue weighted by Gasteiger charge is 2.15. The van der Waals surface area contributed by atoms with Crippen molar-refractivity contribution in [2.75, 3.05) is 23.7 Å². The van der Waals surface area contributed by atoms with Crippen molar-refractivity contribution in [1.29, 1.82) is 0 Å². The van der Waals surface area contributed by atoms with Crippen LogP contribution in [0.4, 0.5) is 23.1 Å². The minimum Gasteiger partial charge on any atom is -0.367 e. The van der Waals surface area contributed by atoms with Crippen LogP contribution in [-0.4, -0.2) is 41.6 Å². The van der Waals surface area contributed by atoms with Crippen molar-refractivity contribution in [3.05, 3.63) is 70.9 Å². The molecule has 0 amide bonds. The Morgan fingerprint density at radius 2 is 1.62 bits per heavy atom. The van der Waals surface area contributed by atoms with E-state index in [-0.39, 0.29) is 23.7 Å². The first-order chi connectivity index (χ1) is 13.9. The van der Waals surface area contributed by atoms with Gasteiger partial charge >= 0.3 is 0 Å². The molecule has 2 heterocycles. The lowest BCUT2D eigenvalue weighted by atomic mass is 10.3. The van der Waals surface area contributed by atoms with E-state index in [1.54, 1.807) is 30.5 Å². The molecule has 0 aliphatic heterocycles. The summed E-state index contributed by atoms with van der Waals surface area (Å²) in [5, 5.41) is 24.6. The number of anilines is 3. The van der Waals surface area contributed by atoms with Crippen LogP contribution >= 0.6 is 0 Å². The van der Waals surface area contributed by atoms with Crippen LogP contribution in [-0.2, 0) is 10.0 Å². The number of aromatic nitrogens is 3. The van der Waals surface area contributed by atoms with Gasteiger partial charge in [-0.1, -0.05) is 6.07 Å². The van der Waals surface area contributed by atoms with E-state index < -0.39 is 14.9 Å². The second-order valence-corrected chi connectivity index (χ2v) is 7.49. The summed E-state index contributed by atoms with van der Waals surface area (Å²) >= 11 is 0. The molecule has 12 heteroatoms. The van der Waals surface area contributed by atoms with Crippen LogP contribution in [0.1, 0.15) is 0 Å². The Bertz CT molecular complexity index is 1060. The normalized spacial score (nSPS) is 11.0. The van der Waals surface area contributed by atoms with Crippen LogP contribution in [0.15, 0.2) is 65.7 Å². The van der Waals surface area contributed by atoms with Gasteiger partial charge in [0.2, 0.25) is 10.0 Å². The molecule has 0 unspecified atom stereocenters. The maximum atomic E-state index is 12.2. The molecular formula is C17H17N7O4S. The van der Waals surface area contributed by atoms with Gasteiger partial charge in [-0.25, -0.2) is 18.1 Å². The van der Waals surface area contributed by atoms with Gasteiger partial charge in [-0.05, 0) is 36.4 Å². The first-order valence-corrected chi connectivity index (χ1v) is 9.92. The molecule has 0 aliphatic carbocycles. The highest BCUT2D eigenvalue weighted by atomic mass is 32.2. The van der Waals surface area contributed by atoms with Gasteiger partial charge in [-0.2, -0.15) is 0 Å². The van der Waals surface area contributed by atoms with Crippen molar-refractivity contribution >= 4 is 33.2 Å². The number of rotatable bonds is 9. The van der Waals surface area contributed by atoms with Gasteiger partial charge in [0, 0.05) is 31.4 Å². The van der Waals surface area contributed by atoms with Gasteiger partial charge in [0.25, 0.3) is 5.69 Å². The van der Waals surface area contributed by atoms with Gasteiger partial charge in [0.1, 0.15) is 11.6 Å². The average molecular weight is 415 g/mol. The maximum Gasteiger partial charge on any atom is 0.269 e. The van der Waals surface area contributed by atoms with Crippen LogP contribution < -0.4 is 15.4 Å². The first-order valence-electron chi connectivity index (χ1n) is 8.44. The molecule has 0 saturated heterocycles. The lowest BCUT2D eigenvalue weighted by Crippen LogP contribution is -2.29. The quantitative estimate of drug-likeness (QED) is 0.270. The fourth-order valence-corrected chi connectivity index (χ4v) is 3.30. The summed E-state index contributed by atoms with van der Waals surface area (Å²) in [6, 6.07) is 13.5. The molecule has 0 aliphatic rings. The summed E-state index contributed by atoms with van der Waals surface area (Å²) < 4.78 is 26.8. The number of hydrogen-bond donors (Lipinski definition) is 3. The first kappa shape index (κ1) is 20.1. The smallest absolute Gasteiger partial charge is 0.269 e. The molecule has 29 heavy (non-hydrogen) atoms. The number of benzene rings is 1. The zero-order valence-electron chi connectivity index (χ0n) is 15.0. The number of pyridine rings is 1. The largest absolute Gasteiger partial charge is 0.367 e. The van der Waals surface area contributed by atoms with Gasteiger partial charge in [-0.15, -0.1) is 10.2 Å². The van der Waals surface area contributed by atoms with Crippen molar-refractivity contribution in [2.24, 2.45) is 0 Å². The molecule has 1 aromatic carbocycles. The Labute approximate surface area is 166 Å². The van der Waals surface area contributed by atoms with Crippen molar-refractivity contribution < 1.29 is 13.3 Å². The topological polar surface area (TPSA) is 152 Å². The van der Waals surface area contributed by atoms with E-state index in [0.29, 0.717) is 17.5 Å². The minimum absolute atomic E-state index is 0.0483.